The highest BCUT2D eigenvalue weighted by molar-refractivity contribution is 6.05. The number of aldehydes is 1. The molecule has 0 atom stereocenters. The fourth-order valence-corrected chi connectivity index (χ4v) is 3.85. The third kappa shape index (κ3) is 3.55. The van der Waals surface area contributed by atoms with E-state index in [1.807, 2.05) is 41.3 Å². The number of rotatable bonds is 6. The van der Waals surface area contributed by atoms with Crippen molar-refractivity contribution in [1.29, 1.82) is 0 Å². The first-order chi connectivity index (χ1) is 14.1. The van der Waals surface area contributed by atoms with Crippen molar-refractivity contribution in [2.24, 2.45) is 5.10 Å². The molecule has 2 aromatic rings. The van der Waals surface area contributed by atoms with Gasteiger partial charge in [-0.05, 0) is 48.4 Å². The summed E-state index contributed by atoms with van der Waals surface area (Å²) < 4.78 is 10.6. The lowest BCUT2D eigenvalue weighted by Gasteiger charge is -2.16. The molecular weight excluding hydrogens is 370 g/mol. The van der Waals surface area contributed by atoms with Gasteiger partial charge in [0.15, 0.2) is 11.5 Å². The van der Waals surface area contributed by atoms with E-state index in [9.17, 15) is 9.59 Å². The standard InChI is InChI=1S/C22H23N3O4/c1-28-20-6-4-15(14-21(20)29-2)18-8-10-25(23-18)22(27)17-3-5-19-16(13-17)7-9-24(19)11-12-26/h3-6,12-14H,7-11H2,1-2H3. The molecule has 7 heteroatoms. The molecule has 2 aliphatic rings. The van der Waals surface area contributed by atoms with Gasteiger partial charge in [-0.1, -0.05) is 0 Å². The van der Waals surface area contributed by atoms with Crippen LogP contribution in [-0.4, -0.2) is 56.8 Å². The van der Waals surface area contributed by atoms with Crippen molar-refractivity contribution in [2.75, 3.05) is 38.8 Å². The number of nitrogens with zero attached hydrogens (tertiary/aromatic N) is 3. The summed E-state index contributed by atoms with van der Waals surface area (Å²) in [5.41, 5.74) is 4.51. The lowest BCUT2D eigenvalue weighted by Crippen LogP contribution is -2.24. The molecule has 2 aliphatic heterocycles. The van der Waals surface area contributed by atoms with Crippen molar-refractivity contribution < 1.29 is 19.1 Å². The zero-order chi connectivity index (χ0) is 20.4. The topological polar surface area (TPSA) is 71.4 Å². The second kappa shape index (κ2) is 7.95. The second-order valence-electron chi connectivity index (χ2n) is 7.00. The van der Waals surface area contributed by atoms with Crippen molar-refractivity contribution in [3.8, 4) is 11.5 Å². The zero-order valence-corrected chi connectivity index (χ0v) is 16.6. The molecule has 2 heterocycles. The van der Waals surface area contributed by atoms with Crippen LogP contribution in [0, 0.1) is 0 Å². The number of ether oxygens (including phenoxy) is 2. The Labute approximate surface area is 169 Å². The largest absolute Gasteiger partial charge is 0.493 e. The molecule has 0 aliphatic carbocycles. The van der Waals surface area contributed by atoms with Gasteiger partial charge in [-0.15, -0.1) is 0 Å². The maximum absolute atomic E-state index is 13.0. The quantitative estimate of drug-likeness (QED) is 0.706. The number of benzene rings is 2. The predicted molar refractivity (Wildman–Crippen MR) is 110 cm³/mol. The third-order valence-corrected chi connectivity index (χ3v) is 5.37. The van der Waals surface area contributed by atoms with Crippen molar-refractivity contribution >= 4 is 23.6 Å². The third-order valence-electron chi connectivity index (χ3n) is 5.37. The number of carbonyl (C=O) groups is 2. The molecule has 0 aromatic heterocycles. The number of anilines is 1. The van der Waals surface area contributed by atoms with Gasteiger partial charge in [-0.2, -0.15) is 5.10 Å². The minimum absolute atomic E-state index is 0.114. The van der Waals surface area contributed by atoms with Crippen molar-refractivity contribution in [3.63, 3.8) is 0 Å². The molecule has 0 fully saturated rings. The molecule has 0 saturated carbocycles. The Kier molecular flexibility index (Phi) is 5.20. The van der Waals surface area contributed by atoms with E-state index in [1.165, 1.54) is 5.01 Å². The van der Waals surface area contributed by atoms with E-state index in [1.54, 1.807) is 14.2 Å². The normalized spacial score (nSPS) is 15.2. The number of fused-ring (bicyclic) bond motifs is 1. The number of hydrogen-bond donors (Lipinski definition) is 0. The lowest BCUT2D eigenvalue weighted by molar-refractivity contribution is -0.106. The molecule has 0 N–H and O–H groups in total. The highest BCUT2D eigenvalue weighted by atomic mass is 16.5. The van der Waals surface area contributed by atoms with Gasteiger partial charge < -0.3 is 19.2 Å². The number of hydrogen-bond acceptors (Lipinski definition) is 6. The first kappa shape index (κ1) is 19.0. The summed E-state index contributed by atoms with van der Waals surface area (Å²) in [6.45, 7) is 1.72. The summed E-state index contributed by atoms with van der Waals surface area (Å²) in [6, 6.07) is 11.3. The van der Waals surface area contributed by atoms with Gasteiger partial charge in [0.25, 0.3) is 5.91 Å². The first-order valence-electron chi connectivity index (χ1n) is 9.58. The minimum atomic E-state index is -0.114. The molecule has 150 valence electrons. The molecule has 0 bridgehead atoms. The van der Waals surface area contributed by atoms with Crippen LogP contribution in [0.4, 0.5) is 5.69 Å². The van der Waals surface area contributed by atoms with Crippen LogP contribution < -0.4 is 14.4 Å². The number of carbonyl (C=O) groups excluding carboxylic acids is 2. The highest BCUT2D eigenvalue weighted by Gasteiger charge is 2.25. The average molecular weight is 393 g/mol. The monoisotopic (exact) mass is 393 g/mol. The van der Waals surface area contributed by atoms with E-state index in [0.29, 0.717) is 36.6 Å². The van der Waals surface area contributed by atoms with Gasteiger partial charge in [0, 0.05) is 29.8 Å². The molecule has 1 amide bonds. The average Bonchev–Trinajstić information content (AvgIpc) is 3.40. The molecule has 0 radical (unpaired) electrons. The minimum Gasteiger partial charge on any atom is -0.493 e. The maximum atomic E-state index is 13.0. The summed E-state index contributed by atoms with van der Waals surface area (Å²) >= 11 is 0. The van der Waals surface area contributed by atoms with Crippen LogP contribution in [0.25, 0.3) is 0 Å². The van der Waals surface area contributed by atoms with E-state index >= 15 is 0 Å². The van der Waals surface area contributed by atoms with E-state index in [2.05, 4.69) is 5.10 Å². The van der Waals surface area contributed by atoms with Crippen LogP contribution in [0.2, 0.25) is 0 Å². The van der Waals surface area contributed by atoms with Gasteiger partial charge in [-0.3, -0.25) is 4.79 Å². The van der Waals surface area contributed by atoms with Gasteiger partial charge in [0.2, 0.25) is 0 Å². The molecule has 0 saturated heterocycles. The Bertz CT molecular complexity index is 986. The van der Waals surface area contributed by atoms with Crippen LogP contribution in [0.5, 0.6) is 11.5 Å². The summed E-state index contributed by atoms with van der Waals surface area (Å²) in [4.78, 5) is 25.8. The Balaban J connectivity index is 1.54. The summed E-state index contributed by atoms with van der Waals surface area (Å²) in [6.07, 6.45) is 2.42. The Morgan fingerprint density at radius 3 is 2.66 bits per heavy atom. The molecule has 2 aromatic carbocycles. The second-order valence-corrected chi connectivity index (χ2v) is 7.00. The smallest absolute Gasteiger partial charge is 0.273 e. The van der Waals surface area contributed by atoms with Gasteiger partial charge in [-0.25, -0.2) is 5.01 Å². The van der Waals surface area contributed by atoms with E-state index in [4.69, 9.17) is 9.47 Å². The molecule has 4 rings (SSSR count). The van der Waals surface area contributed by atoms with Crippen molar-refractivity contribution in [2.45, 2.75) is 12.8 Å². The fourth-order valence-electron chi connectivity index (χ4n) is 3.85. The Hall–Kier alpha value is -3.35. The van der Waals surface area contributed by atoms with Gasteiger partial charge in [0.1, 0.15) is 6.29 Å². The highest BCUT2D eigenvalue weighted by Crippen LogP contribution is 2.31. The first-order valence-corrected chi connectivity index (χ1v) is 9.58. The maximum Gasteiger partial charge on any atom is 0.273 e. The fraction of sp³-hybridized carbons (Fsp3) is 0.318. The Morgan fingerprint density at radius 1 is 1.07 bits per heavy atom. The van der Waals surface area contributed by atoms with E-state index < -0.39 is 0 Å². The van der Waals surface area contributed by atoms with Crippen molar-refractivity contribution in [1.82, 2.24) is 5.01 Å². The molecule has 0 unspecified atom stereocenters. The van der Waals surface area contributed by atoms with E-state index in [0.717, 1.165) is 41.8 Å². The molecule has 0 spiro atoms. The molecule has 7 nitrogen and oxygen atoms in total. The summed E-state index contributed by atoms with van der Waals surface area (Å²) in [5, 5.41) is 6.07. The van der Waals surface area contributed by atoms with Crippen LogP contribution in [0.15, 0.2) is 41.5 Å². The van der Waals surface area contributed by atoms with E-state index in [-0.39, 0.29) is 5.91 Å². The summed E-state index contributed by atoms with van der Waals surface area (Å²) in [7, 11) is 3.19. The summed E-state index contributed by atoms with van der Waals surface area (Å²) in [5.74, 6) is 1.18. The van der Waals surface area contributed by atoms with Crippen LogP contribution in [0.1, 0.15) is 27.9 Å². The van der Waals surface area contributed by atoms with Crippen molar-refractivity contribution in [3.05, 3.63) is 53.1 Å². The number of methoxy groups -OCH3 is 2. The zero-order valence-electron chi connectivity index (χ0n) is 16.6. The molecular formula is C22H23N3O4. The SMILES string of the molecule is COc1ccc(C2=NN(C(=O)c3ccc4c(c3)CCN4CC=O)CC2)cc1OC. The Morgan fingerprint density at radius 2 is 1.90 bits per heavy atom. The van der Waals surface area contributed by atoms with Gasteiger partial charge >= 0.3 is 0 Å². The van der Waals surface area contributed by atoms with Crippen LogP contribution in [0.3, 0.4) is 0 Å². The van der Waals surface area contributed by atoms with Gasteiger partial charge in [0.05, 0.1) is 33.0 Å². The number of hydrazone groups is 1. The molecule has 29 heavy (non-hydrogen) atoms. The predicted octanol–water partition coefficient (Wildman–Crippen LogP) is 2.52. The van der Waals surface area contributed by atoms with Crippen LogP contribution >= 0.6 is 0 Å². The van der Waals surface area contributed by atoms with Crippen LogP contribution in [-0.2, 0) is 11.2 Å². The number of amides is 1. The lowest BCUT2D eigenvalue weighted by atomic mass is 10.1.